The Morgan fingerprint density at radius 2 is 1.95 bits per heavy atom. The molecule has 0 unspecified atom stereocenters. The maximum Gasteiger partial charge on any atom is 0.421 e. The molecule has 0 spiro atoms. The van der Waals surface area contributed by atoms with Gasteiger partial charge in [0.05, 0.1) is 46.5 Å². The molecule has 0 radical (unpaired) electrons. The van der Waals surface area contributed by atoms with Crippen LogP contribution in [0, 0.1) is 5.82 Å². The highest BCUT2D eigenvalue weighted by Crippen LogP contribution is 2.38. The minimum atomic E-state index is -4.73. The van der Waals surface area contributed by atoms with E-state index in [-0.39, 0.29) is 33.8 Å². The lowest BCUT2D eigenvalue weighted by Crippen LogP contribution is -2.34. The van der Waals surface area contributed by atoms with E-state index >= 15 is 0 Å². The molecule has 43 heavy (non-hydrogen) atoms. The number of alkyl halides is 3. The number of ether oxygens (including phenoxy) is 2. The van der Waals surface area contributed by atoms with E-state index in [0.29, 0.717) is 60.8 Å². The highest BCUT2D eigenvalue weighted by Gasteiger charge is 2.37. The van der Waals surface area contributed by atoms with Gasteiger partial charge < -0.3 is 19.1 Å². The fourth-order valence-electron chi connectivity index (χ4n) is 5.27. The summed E-state index contributed by atoms with van der Waals surface area (Å²) in [6.07, 6.45) is -3.67. The fourth-order valence-corrected chi connectivity index (χ4v) is 5.78. The fraction of sp³-hybridized carbons (Fsp3) is 0.345. The smallest absolute Gasteiger partial charge is 0.421 e. The molecule has 0 bridgehead atoms. The van der Waals surface area contributed by atoms with Gasteiger partial charge in [0.15, 0.2) is 0 Å². The molecule has 6 rings (SSSR count). The third-order valence-electron chi connectivity index (χ3n) is 7.61. The number of aromatic nitrogens is 3. The number of hydrogen-bond donors (Lipinski definition) is 1. The number of carbonyl (C=O) groups is 1. The zero-order chi connectivity index (χ0) is 30.5. The van der Waals surface area contributed by atoms with Gasteiger partial charge in [0.2, 0.25) is 5.88 Å². The standard InChI is InChI=1S/C29H24Cl2F4N4O4/c30-17-2-1-16(21(32)10-17)14-43-27-20(29(33,34)35)9-15-5-7-38(12-23(15)37-27)13-24-36-22-4-3-19(28(40)41)25(31)26(22)39(24)11-18-6-8-42-18/h1-4,9-10,18H,5-8,11-14H2,(H,40,41)/t18-/m0/s1. The van der Waals surface area contributed by atoms with Crippen molar-refractivity contribution >= 4 is 40.2 Å². The van der Waals surface area contributed by atoms with Crippen LogP contribution in [0.5, 0.6) is 5.88 Å². The summed E-state index contributed by atoms with van der Waals surface area (Å²) >= 11 is 12.3. The van der Waals surface area contributed by atoms with Crippen molar-refractivity contribution in [2.24, 2.45) is 0 Å². The van der Waals surface area contributed by atoms with Gasteiger partial charge in [-0.3, -0.25) is 4.90 Å². The van der Waals surface area contributed by atoms with Gasteiger partial charge in [-0.15, -0.1) is 0 Å². The maximum atomic E-state index is 14.3. The minimum absolute atomic E-state index is 0.0396. The zero-order valence-corrected chi connectivity index (χ0v) is 23.9. The Morgan fingerprint density at radius 3 is 2.63 bits per heavy atom. The molecule has 4 heterocycles. The SMILES string of the molecule is O=C(O)c1ccc2nc(CN3CCc4cc(C(F)(F)F)c(OCc5ccc(Cl)cc5F)nc4C3)n(C[C@@H]3CCO3)c2c1Cl. The van der Waals surface area contributed by atoms with Crippen LogP contribution in [-0.2, 0) is 43.6 Å². The van der Waals surface area contributed by atoms with Crippen molar-refractivity contribution in [3.05, 3.63) is 86.0 Å². The summed E-state index contributed by atoms with van der Waals surface area (Å²) in [5, 5.41) is 9.81. The minimum Gasteiger partial charge on any atom is -0.478 e. The average Bonchev–Trinajstić information content (AvgIpc) is 3.26. The Balaban J connectivity index is 1.29. The van der Waals surface area contributed by atoms with Crippen LogP contribution < -0.4 is 4.74 Å². The molecule has 0 aliphatic carbocycles. The zero-order valence-electron chi connectivity index (χ0n) is 22.4. The van der Waals surface area contributed by atoms with Crippen molar-refractivity contribution in [3.63, 3.8) is 0 Å². The molecule has 2 aromatic carbocycles. The third kappa shape index (κ3) is 6.01. The van der Waals surface area contributed by atoms with Gasteiger partial charge in [-0.1, -0.05) is 29.3 Å². The molecule has 14 heteroatoms. The number of carboxylic acids is 1. The van der Waals surface area contributed by atoms with Gasteiger partial charge in [0, 0.05) is 30.3 Å². The number of aromatic carboxylic acids is 1. The van der Waals surface area contributed by atoms with Crippen LogP contribution in [0.1, 0.15) is 45.0 Å². The average molecular weight is 639 g/mol. The molecular formula is C29H24Cl2F4N4O4. The second kappa shape index (κ2) is 11.6. The van der Waals surface area contributed by atoms with Crippen LogP contribution >= 0.6 is 23.2 Å². The molecule has 2 aliphatic rings. The lowest BCUT2D eigenvalue weighted by molar-refractivity contribution is -0.139. The van der Waals surface area contributed by atoms with E-state index in [0.717, 1.165) is 18.6 Å². The van der Waals surface area contributed by atoms with Gasteiger partial charge in [-0.2, -0.15) is 13.2 Å². The molecular weight excluding hydrogens is 615 g/mol. The number of carboxylic acid groups (broad SMARTS) is 1. The molecule has 4 aromatic rings. The highest BCUT2D eigenvalue weighted by atomic mass is 35.5. The van der Waals surface area contributed by atoms with E-state index in [1.54, 1.807) is 6.07 Å². The quantitative estimate of drug-likeness (QED) is 0.220. The Morgan fingerprint density at radius 1 is 1.16 bits per heavy atom. The van der Waals surface area contributed by atoms with E-state index in [1.807, 2.05) is 9.47 Å². The van der Waals surface area contributed by atoms with Crippen LogP contribution in [-0.4, -0.2) is 49.8 Å². The topological polar surface area (TPSA) is 89.7 Å². The van der Waals surface area contributed by atoms with Crippen LogP contribution in [0.15, 0.2) is 36.4 Å². The Kier molecular flexibility index (Phi) is 7.97. The van der Waals surface area contributed by atoms with Gasteiger partial charge >= 0.3 is 12.1 Å². The molecule has 1 saturated heterocycles. The number of hydrogen-bond acceptors (Lipinski definition) is 6. The number of rotatable bonds is 8. The van der Waals surface area contributed by atoms with Crippen LogP contribution in [0.2, 0.25) is 10.0 Å². The largest absolute Gasteiger partial charge is 0.478 e. The maximum absolute atomic E-state index is 14.3. The number of fused-ring (bicyclic) bond motifs is 2. The molecule has 1 fully saturated rings. The van der Waals surface area contributed by atoms with Gasteiger partial charge in [0.25, 0.3) is 0 Å². The number of nitrogens with zero attached hydrogens (tertiary/aromatic N) is 4. The molecule has 8 nitrogen and oxygen atoms in total. The first-order valence-electron chi connectivity index (χ1n) is 13.4. The van der Waals surface area contributed by atoms with Crippen LogP contribution in [0.25, 0.3) is 11.0 Å². The molecule has 226 valence electrons. The van der Waals surface area contributed by atoms with E-state index < -0.39 is 36.0 Å². The van der Waals surface area contributed by atoms with Crippen LogP contribution in [0.4, 0.5) is 17.6 Å². The monoisotopic (exact) mass is 638 g/mol. The summed E-state index contributed by atoms with van der Waals surface area (Å²) in [5.74, 6) is -1.88. The second-order valence-corrected chi connectivity index (χ2v) is 11.3. The summed E-state index contributed by atoms with van der Waals surface area (Å²) in [5.41, 5.74) is 0.834. The predicted molar refractivity (Wildman–Crippen MR) is 149 cm³/mol. The summed E-state index contributed by atoms with van der Waals surface area (Å²) in [7, 11) is 0. The van der Waals surface area contributed by atoms with Crippen molar-refractivity contribution in [2.75, 3.05) is 13.2 Å². The summed E-state index contributed by atoms with van der Waals surface area (Å²) in [6.45, 7) is 1.52. The molecule has 2 aromatic heterocycles. The van der Waals surface area contributed by atoms with E-state index in [1.165, 1.54) is 18.2 Å². The first-order chi connectivity index (χ1) is 20.5. The van der Waals surface area contributed by atoms with Crippen molar-refractivity contribution in [3.8, 4) is 5.88 Å². The second-order valence-electron chi connectivity index (χ2n) is 10.4. The van der Waals surface area contributed by atoms with E-state index in [2.05, 4.69) is 4.98 Å². The number of halogens is 6. The molecule has 0 amide bonds. The summed E-state index contributed by atoms with van der Waals surface area (Å²) in [4.78, 5) is 22.7. The van der Waals surface area contributed by atoms with Crippen molar-refractivity contribution < 1.29 is 36.9 Å². The number of benzene rings is 2. The van der Waals surface area contributed by atoms with Gasteiger partial charge in [-0.05, 0) is 48.7 Å². The summed E-state index contributed by atoms with van der Waals surface area (Å²) in [6, 6.07) is 7.88. The van der Waals surface area contributed by atoms with Crippen molar-refractivity contribution in [1.29, 1.82) is 0 Å². The summed E-state index contributed by atoms with van der Waals surface area (Å²) < 4.78 is 69.0. The predicted octanol–water partition coefficient (Wildman–Crippen LogP) is 6.52. The van der Waals surface area contributed by atoms with E-state index in [4.69, 9.17) is 37.7 Å². The van der Waals surface area contributed by atoms with Crippen LogP contribution in [0.3, 0.4) is 0 Å². The first kappa shape index (κ1) is 29.6. The lowest BCUT2D eigenvalue weighted by Gasteiger charge is -2.30. The lowest BCUT2D eigenvalue weighted by atomic mass is 10.0. The van der Waals surface area contributed by atoms with E-state index in [9.17, 15) is 27.5 Å². The molecule has 1 N–H and O–H groups in total. The molecule has 1 atom stereocenters. The number of pyridine rings is 1. The van der Waals surface area contributed by atoms with Crippen molar-refractivity contribution in [1.82, 2.24) is 19.4 Å². The van der Waals surface area contributed by atoms with Gasteiger partial charge in [0.1, 0.15) is 23.8 Å². The molecule has 2 aliphatic heterocycles. The van der Waals surface area contributed by atoms with Gasteiger partial charge in [-0.25, -0.2) is 19.2 Å². The Hall–Kier alpha value is -3.45. The van der Waals surface area contributed by atoms with Crippen molar-refractivity contribution in [2.45, 2.75) is 51.4 Å². The normalized spacial score (nSPS) is 17.1. The highest BCUT2D eigenvalue weighted by molar-refractivity contribution is 6.37. The Labute approximate surface area is 252 Å². The molecule has 0 saturated carbocycles. The first-order valence-corrected chi connectivity index (χ1v) is 14.1. The number of imidazole rings is 1. The third-order valence-corrected chi connectivity index (χ3v) is 8.23. The Bertz CT molecular complexity index is 1730.